The Morgan fingerprint density at radius 1 is 1.35 bits per heavy atom. The van der Waals surface area contributed by atoms with Crippen LogP contribution < -0.4 is 5.32 Å². The largest absolute Gasteiger partial charge is 0.385 e. The molecule has 1 N–H and O–H groups in total. The number of ether oxygens (including phenoxy) is 1. The van der Waals surface area contributed by atoms with E-state index in [1.165, 1.54) is 32.1 Å². The van der Waals surface area contributed by atoms with Crippen LogP contribution in [0.15, 0.2) is 17.6 Å². The molecule has 136 valence electrons. The zero-order valence-electron chi connectivity index (χ0n) is 15.3. The number of aliphatic imine (C=N–C) groups is 1. The number of hydrogen-bond acceptors (Lipinski definition) is 2. The van der Waals surface area contributed by atoms with Gasteiger partial charge in [-0.3, -0.25) is 4.99 Å². The highest BCUT2D eigenvalue weighted by Gasteiger charge is 2.41. The molecule has 1 rings (SSSR count). The fourth-order valence-electron chi connectivity index (χ4n) is 2.62. The number of guanidine groups is 1. The van der Waals surface area contributed by atoms with Gasteiger partial charge in [-0.2, -0.15) is 0 Å². The molecule has 0 aromatic heterocycles. The molecular weight excluding hydrogens is 401 g/mol. The molecular formula is C18H36IN3O. The van der Waals surface area contributed by atoms with E-state index >= 15 is 0 Å². The fourth-order valence-corrected chi connectivity index (χ4v) is 2.62. The predicted octanol–water partition coefficient (Wildman–Crippen LogP) is 4.06. The molecule has 0 bridgehead atoms. The Balaban J connectivity index is 0.00000484. The lowest BCUT2D eigenvalue weighted by atomic mass is 10.0. The van der Waals surface area contributed by atoms with Crippen LogP contribution in [0.2, 0.25) is 0 Å². The first-order valence-corrected chi connectivity index (χ1v) is 8.77. The van der Waals surface area contributed by atoms with Crippen LogP contribution in [0.5, 0.6) is 0 Å². The highest BCUT2D eigenvalue weighted by Crippen LogP contribution is 2.48. The number of nitrogens with one attached hydrogen (secondary N) is 1. The van der Waals surface area contributed by atoms with E-state index in [9.17, 15) is 0 Å². The molecule has 0 aromatic rings. The summed E-state index contributed by atoms with van der Waals surface area (Å²) in [4.78, 5) is 7.14. The Morgan fingerprint density at radius 2 is 2.09 bits per heavy atom. The molecule has 1 aliphatic rings. The first-order chi connectivity index (χ1) is 10.7. The van der Waals surface area contributed by atoms with Crippen LogP contribution in [0.4, 0.5) is 0 Å². The summed E-state index contributed by atoms with van der Waals surface area (Å²) in [5.41, 5.74) is 0.418. The van der Waals surface area contributed by atoms with E-state index in [1.807, 2.05) is 6.08 Å². The first kappa shape index (κ1) is 22.7. The van der Waals surface area contributed by atoms with Crippen LogP contribution in [-0.4, -0.2) is 51.3 Å². The van der Waals surface area contributed by atoms with Gasteiger partial charge in [0.05, 0.1) is 0 Å². The van der Waals surface area contributed by atoms with Gasteiger partial charge >= 0.3 is 0 Å². The fraction of sp³-hybridized carbons (Fsp3) is 0.833. The molecule has 1 aliphatic carbocycles. The van der Waals surface area contributed by atoms with Gasteiger partial charge < -0.3 is 15.0 Å². The maximum absolute atomic E-state index is 5.22. The van der Waals surface area contributed by atoms with E-state index in [1.54, 1.807) is 7.11 Å². The summed E-state index contributed by atoms with van der Waals surface area (Å²) in [5, 5.41) is 3.42. The molecule has 1 saturated carbocycles. The number of nitrogens with zero attached hydrogens (tertiary/aromatic N) is 2. The van der Waals surface area contributed by atoms with Crippen molar-refractivity contribution in [2.45, 2.75) is 51.9 Å². The van der Waals surface area contributed by atoms with Crippen LogP contribution in [0.25, 0.3) is 0 Å². The molecule has 0 unspecified atom stereocenters. The van der Waals surface area contributed by atoms with Crippen molar-refractivity contribution in [2.24, 2.45) is 10.4 Å². The quantitative estimate of drug-likeness (QED) is 0.165. The summed E-state index contributed by atoms with van der Waals surface area (Å²) in [6, 6.07) is 0. The third kappa shape index (κ3) is 9.55. The molecule has 0 atom stereocenters. The highest BCUT2D eigenvalue weighted by atomic mass is 127. The van der Waals surface area contributed by atoms with E-state index in [0.717, 1.165) is 45.0 Å². The molecule has 0 aromatic carbocycles. The van der Waals surface area contributed by atoms with Crippen LogP contribution in [-0.2, 0) is 4.74 Å². The average molecular weight is 437 g/mol. The number of allylic oxidation sites excluding steroid dienone is 1. The first-order valence-electron chi connectivity index (χ1n) is 8.77. The van der Waals surface area contributed by atoms with Crippen molar-refractivity contribution >= 4 is 29.9 Å². The van der Waals surface area contributed by atoms with Crippen LogP contribution in [0.3, 0.4) is 0 Å². The number of halogens is 1. The lowest BCUT2D eigenvalue weighted by molar-refractivity contribution is 0.174. The minimum atomic E-state index is 0. The van der Waals surface area contributed by atoms with Crippen molar-refractivity contribution in [3.05, 3.63) is 12.7 Å². The predicted molar refractivity (Wildman–Crippen MR) is 111 cm³/mol. The summed E-state index contributed by atoms with van der Waals surface area (Å²) in [6.07, 6.45) is 10.6. The smallest absolute Gasteiger partial charge is 0.193 e. The van der Waals surface area contributed by atoms with Gasteiger partial charge in [-0.05, 0) is 50.9 Å². The van der Waals surface area contributed by atoms with Crippen molar-refractivity contribution in [3.8, 4) is 0 Å². The van der Waals surface area contributed by atoms with Crippen molar-refractivity contribution < 1.29 is 4.74 Å². The van der Waals surface area contributed by atoms with Gasteiger partial charge in [0.1, 0.15) is 0 Å². The molecule has 4 nitrogen and oxygen atoms in total. The zero-order valence-corrected chi connectivity index (χ0v) is 17.6. The van der Waals surface area contributed by atoms with E-state index in [0.29, 0.717) is 5.41 Å². The molecule has 0 spiro atoms. The third-order valence-electron chi connectivity index (χ3n) is 4.46. The monoisotopic (exact) mass is 437 g/mol. The van der Waals surface area contributed by atoms with E-state index in [-0.39, 0.29) is 24.0 Å². The van der Waals surface area contributed by atoms with Crippen molar-refractivity contribution in [3.63, 3.8) is 0 Å². The second-order valence-electron chi connectivity index (χ2n) is 6.47. The third-order valence-corrected chi connectivity index (χ3v) is 4.46. The topological polar surface area (TPSA) is 36.9 Å². The minimum absolute atomic E-state index is 0. The maximum atomic E-state index is 5.22. The second-order valence-corrected chi connectivity index (χ2v) is 6.47. The Bertz CT molecular complexity index is 343. The van der Waals surface area contributed by atoms with Crippen molar-refractivity contribution in [2.75, 3.05) is 40.4 Å². The summed E-state index contributed by atoms with van der Waals surface area (Å²) in [6.45, 7) is 9.67. The van der Waals surface area contributed by atoms with Crippen molar-refractivity contribution in [1.29, 1.82) is 0 Å². The minimum Gasteiger partial charge on any atom is -0.385 e. The molecule has 23 heavy (non-hydrogen) atoms. The SMILES string of the molecule is C=CCCCCCN(C)C(=NCC1(CCOC)CC1)NCC.I. The molecule has 0 heterocycles. The van der Waals surface area contributed by atoms with Gasteiger partial charge in [0.25, 0.3) is 0 Å². The lowest BCUT2D eigenvalue weighted by Gasteiger charge is -2.23. The number of rotatable bonds is 12. The maximum Gasteiger partial charge on any atom is 0.193 e. The van der Waals surface area contributed by atoms with E-state index in [2.05, 4.69) is 30.8 Å². The zero-order chi connectivity index (χ0) is 16.3. The summed E-state index contributed by atoms with van der Waals surface area (Å²) < 4.78 is 5.22. The Morgan fingerprint density at radius 3 is 2.65 bits per heavy atom. The summed E-state index contributed by atoms with van der Waals surface area (Å²) >= 11 is 0. The van der Waals surface area contributed by atoms with Gasteiger partial charge in [0, 0.05) is 40.4 Å². The van der Waals surface area contributed by atoms with Gasteiger partial charge in [-0.15, -0.1) is 30.6 Å². The summed E-state index contributed by atoms with van der Waals surface area (Å²) in [5.74, 6) is 1.05. The molecule has 0 saturated heterocycles. The standard InChI is InChI=1S/C18H35N3O.HI/c1-5-7-8-9-10-14-21(3)17(19-6-2)20-16-18(11-12-18)13-15-22-4;/h5H,1,6-16H2,2-4H3,(H,19,20);1H. The number of methoxy groups -OCH3 is 1. The molecule has 5 heteroatoms. The molecule has 1 fully saturated rings. The van der Waals surface area contributed by atoms with Gasteiger partial charge in [-0.1, -0.05) is 12.5 Å². The van der Waals surface area contributed by atoms with Crippen LogP contribution in [0.1, 0.15) is 51.9 Å². The van der Waals surface area contributed by atoms with E-state index in [4.69, 9.17) is 9.73 Å². The second kappa shape index (κ2) is 13.0. The van der Waals surface area contributed by atoms with Crippen LogP contribution >= 0.6 is 24.0 Å². The summed E-state index contributed by atoms with van der Waals surface area (Å²) in [7, 11) is 3.92. The van der Waals surface area contributed by atoms with Gasteiger partial charge in [-0.25, -0.2) is 0 Å². The van der Waals surface area contributed by atoms with E-state index < -0.39 is 0 Å². The van der Waals surface area contributed by atoms with Crippen molar-refractivity contribution in [1.82, 2.24) is 10.2 Å². The molecule has 0 radical (unpaired) electrons. The average Bonchev–Trinajstić information content (AvgIpc) is 3.29. The Hall–Kier alpha value is -0.300. The number of unbranched alkanes of at least 4 members (excludes halogenated alkanes) is 3. The molecule has 0 aliphatic heterocycles. The Labute approximate surface area is 160 Å². The molecule has 0 amide bonds. The highest BCUT2D eigenvalue weighted by molar-refractivity contribution is 14.0. The normalized spacial score (nSPS) is 15.7. The van der Waals surface area contributed by atoms with Gasteiger partial charge in [0.2, 0.25) is 0 Å². The van der Waals surface area contributed by atoms with Crippen LogP contribution in [0, 0.1) is 5.41 Å². The lowest BCUT2D eigenvalue weighted by Crippen LogP contribution is -2.39. The Kier molecular flexibility index (Phi) is 12.9. The van der Waals surface area contributed by atoms with Gasteiger partial charge in [0.15, 0.2) is 5.96 Å². The number of hydrogen-bond donors (Lipinski definition) is 1.